The first-order valence-electron chi connectivity index (χ1n) is 8.46. The number of hydrogen-bond donors (Lipinski definition) is 2. The van der Waals surface area contributed by atoms with Crippen molar-refractivity contribution in [2.24, 2.45) is 5.92 Å². The van der Waals surface area contributed by atoms with Crippen molar-refractivity contribution >= 4 is 5.91 Å². The largest absolute Gasteiger partial charge is 0.454 e. The van der Waals surface area contributed by atoms with Gasteiger partial charge in [0.2, 0.25) is 12.7 Å². The fraction of sp³-hybridized carbons (Fsp3) is 0.368. The third-order valence-corrected chi connectivity index (χ3v) is 4.75. The number of fused-ring (bicyclic) bond motifs is 1. The van der Waals surface area contributed by atoms with E-state index in [1.165, 1.54) is 0 Å². The van der Waals surface area contributed by atoms with Crippen LogP contribution in [0.3, 0.4) is 0 Å². The molecule has 1 aromatic heterocycles. The molecule has 0 spiro atoms. The number of aliphatic hydroxyl groups excluding tert-OH is 1. The molecule has 6 nitrogen and oxygen atoms in total. The summed E-state index contributed by atoms with van der Waals surface area (Å²) in [5, 5.41) is 12.7. The van der Waals surface area contributed by atoms with Gasteiger partial charge in [0.25, 0.3) is 0 Å². The zero-order valence-corrected chi connectivity index (χ0v) is 13.7. The Hall–Kier alpha value is -2.60. The van der Waals surface area contributed by atoms with Crippen molar-refractivity contribution in [1.82, 2.24) is 10.3 Å². The fourth-order valence-electron chi connectivity index (χ4n) is 3.36. The van der Waals surface area contributed by atoms with Crippen LogP contribution in [-0.2, 0) is 11.2 Å². The molecule has 1 saturated carbocycles. The summed E-state index contributed by atoms with van der Waals surface area (Å²) in [6.07, 6.45) is 3.08. The predicted molar refractivity (Wildman–Crippen MR) is 90.1 cm³/mol. The Kier molecular flexibility index (Phi) is 4.28. The van der Waals surface area contributed by atoms with E-state index in [1.807, 2.05) is 36.4 Å². The van der Waals surface area contributed by atoms with Gasteiger partial charge in [-0.15, -0.1) is 0 Å². The number of ether oxygens (including phenoxy) is 2. The highest BCUT2D eigenvalue weighted by atomic mass is 16.7. The number of carbonyl (C=O) groups is 1. The predicted octanol–water partition coefficient (Wildman–Crippen LogP) is 1.98. The van der Waals surface area contributed by atoms with E-state index in [9.17, 15) is 9.90 Å². The van der Waals surface area contributed by atoms with Gasteiger partial charge in [0, 0.05) is 6.20 Å². The molecular weight excluding hydrogens is 320 g/mol. The second-order valence-electron chi connectivity index (χ2n) is 6.55. The number of pyridine rings is 1. The van der Waals surface area contributed by atoms with Crippen molar-refractivity contribution in [2.75, 3.05) is 6.79 Å². The highest BCUT2D eigenvalue weighted by molar-refractivity contribution is 5.79. The van der Waals surface area contributed by atoms with E-state index in [1.54, 1.807) is 6.20 Å². The number of aliphatic hydroxyl groups is 1. The SMILES string of the molecule is O=C(Cc1ccc2c(c1)OCO2)N[C@H](c1ccccn1)C1CC(O)C1. The number of carbonyl (C=O) groups excluding carboxylic acids is 1. The molecule has 2 N–H and O–H groups in total. The molecule has 1 atom stereocenters. The molecule has 1 aliphatic heterocycles. The summed E-state index contributed by atoms with van der Waals surface area (Å²) >= 11 is 0. The normalized spacial score (nSPS) is 22.1. The van der Waals surface area contributed by atoms with Crippen LogP contribution in [0.2, 0.25) is 0 Å². The quantitative estimate of drug-likeness (QED) is 0.870. The lowest BCUT2D eigenvalue weighted by Gasteiger charge is -2.37. The van der Waals surface area contributed by atoms with Gasteiger partial charge in [-0.2, -0.15) is 0 Å². The second-order valence-corrected chi connectivity index (χ2v) is 6.55. The van der Waals surface area contributed by atoms with Crippen LogP contribution >= 0.6 is 0 Å². The first-order chi connectivity index (χ1) is 12.2. The van der Waals surface area contributed by atoms with E-state index in [2.05, 4.69) is 10.3 Å². The monoisotopic (exact) mass is 340 g/mol. The van der Waals surface area contributed by atoms with Crippen molar-refractivity contribution < 1.29 is 19.4 Å². The number of nitrogens with zero attached hydrogens (tertiary/aromatic N) is 1. The highest BCUT2D eigenvalue weighted by Crippen LogP contribution is 2.37. The standard InChI is InChI=1S/C19H20N2O4/c22-14-9-13(10-14)19(15-3-1-2-6-20-15)21-18(23)8-12-4-5-16-17(7-12)25-11-24-16/h1-7,13-14,19,22H,8-11H2,(H,21,23)/t13?,14?,19-/m0/s1. The van der Waals surface area contributed by atoms with Gasteiger partial charge in [-0.25, -0.2) is 0 Å². The minimum Gasteiger partial charge on any atom is -0.454 e. The van der Waals surface area contributed by atoms with Gasteiger partial charge < -0.3 is 19.9 Å². The fourth-order valence-corrected chi connectivity index (χ4v) is 3.36. The minimum absolute atomic E-state index is 0.0732. The van der Waals surface area contributed by atoms with Crippen molar-refractivity contribution in [1.29, 1.82) is 0 Å². The van der Waals surface area contributed by atoms with Crippen LogP contribution in [0.25, 0.3) is 0 Å². The zero-order valence-electron chi connectivity index (χ0n) is 13.7. The summed E-state index contributed by atoms with van der Waals surface area (Å²) in [5.74, 6) is 1.52. The van der Waals surface area contributed by atoms with E-state index in [0.717, 1.165) is 11.3 Å². The first kappa shape index (κ1) is 15.9. The van der Waals surface area contributed by atoms with Crippen molar-refractivity contribution in [3.05, 3.63) is 53.9 Å². The summed E-state index contributed by atoms with van der Waals surface area (Å²) in [6, 6.07) is 11.0. The van der Waals surface area contributed by atoms with E-state index in [-0.39, 0.29) is 37.2 Å². The van der Waals surface area contributed by atoms with Gasteiger partial charge in [0.1, 0.15) is 0 Å². The van der Waals surface area contributed by atoms with Gasteiger partial charge in [-0.3, -0.25) is 9.78 Å². The van der Waals surface area contributed by atoms with Crippen LogP contribution in [0, 0.1) is 5.92 Å². The smallest absolute Gasteiger partial charge is 0.231 e. The second kappa shape index (κ2) is 6.72. The number of rotatable bonds is 5. The van der Waals surface area contributed by atoms with E-state index < -0.39 is 0 Å². The van der Waals surface area contributed by atoms with Crippen molar-refractivity contribution in [3.8, 4) is 11.5 Å². The Bertz CT molecular complexity index is 759. The maximum absolute atomic E-state index is 12.5. The van der Waals surface area contributed by atoms with Crippen LogP contribution in [0.15, 0.2) is 42.6 Å². The van der Waals surface area contributed by atoms with Gasteiger partial charge in [-0.05, 0) is 48.6 Å². The van der Waals surface area contributed by atoms with Crippen LogP contribution in [0.1, 0.15) is 30.1 Å². The number of benzene rings is 1. The van der Waals surface area contributed by atoms with Gasteiger partial charge in [-0.1, -0.05) is 12.1 Å². The topological polar surface area (TPSA) is 80.7 Å². The maximum Gasteiger partial charge on any atom is 0.231 e. The molecule has 1 aliphatic carbocycles. The molecule has 4 rings (SSSR count). The Morgan fingerprint density at radius 2 is 2.08 bits per heavy atom. The third-order valence-electron chi connectivity index (χ3n) is 4.75. The molecular formula is C19H20N2O4. The van der Waals surface area contributed by atoms with Crippen LogP contribution in [0.4, 0.5) is 0 Å². The molecule has 0 unspecified atom stereocenters. The Morgan fingerprint density at radius 3 is 2.84 bits per heavy atom. The number of amides is 1. The van der Waals surface area contributed by atoms with Crippen LogP contribution in [0.5, 0.6) is 11.5 Å². The molecule has 6 heteroatoms. The molecule has 0 bridgehead atoms. The van der Waals surface area contributed by atoms with Crippen LogP contribution < -0.4 is 14.8 Å². The molecule has 1 fully saturated rings. The summed E-state index contributed by atoms with van der Waals surface area (Å²) in [6.45, 7) is 0.219. The van der Waals surface area contributed by atoms with Gasteiger partial charge in [0.15, 0.2) is 11.5 Å². The first-order valence-corrected chi connectivity index (χ1v) is 8.46. The molecule has 2 aliphatic rings. The van der Waals surface area contributed by atoms with Crippen molar-refractivity contribution in [3.63, 3.8) is 0 Å². The average molecular weight is 340 g/mol. The molecule has 0 saturated heterocycles. The number of nitrogens with one attached hydrogen (secondary N) is 1. The van der Waals surface area contributed by atoms with Crippen LogP contribution in [-0.4, -0.2) is 28.9 Å². The Morgan fingerprint density at radius 1 is 1.24 bits per heavy atom. The molecule has 2 heterocycles. The Balaban J connectivity index is 1.45. The number of aromatic nitrogens is 1. The maximum atomic E-state index is 12.5. The molecule has 0 radical (unpaired) electrons. The molecule has 2 aromatic rings. The lowest BCUT2D eigenvalue weighted by atomic mass is 9.76. The summed E-state index contributed by atoms with van der Waals surface area (Å²) in [7, 11) is 0. The van der Waals surface area contributed by atoms with Crippen molar-refractivity contribution in [2.45, 2.75) is 31.4 Å². The highest BCUT2D eigenvalue weighted by Gasteiger charge is 2.36. The van der Waals surface area contributed by atoms with Gasteiger partial charge >= 0.3 is 0 Å². The lowest BCUT2D eigenvalue weighted by Crippen LogP contribution is -2.42. The van der Waals surface area contributed by atoms with E-state index in [4.69, 9.17) is 9.47 Å². The Labute approximate surface area is 145 Å². The molecule has 130 valence electrons. The summed E-state index contributed by atoms with van der Waals surface area (Å²) in [5.41, 5.74) is 1.70. The molecule has 25 heavy (non-hydrogen) atoms. The third kappa shape index (κ3) is 3.44. The average Bonchev–Trinajstić information content (AvgIpc) is 3.06. The zero-order chi connectivity index (χ0) is 17.2. The van der Waals surface area contributed by atoms with Gasteiger partial charge in [0.05, 0.1) is 24.3 Å². The summed E-state index contributed by atoms with van der Waals surface area (Å²) in [4.78, 5) is 16.9. The molecule has 1 aromatic carbocycles. The molecule has 1 amide bonds. The van der Waals surface area contributed by atoms with E-state index >= 15 is 0 Å². The van der Waals surface area contributed by atoms with E-state index in [0.29, 0.717) is 24.3 Å². The minimum atomic E-state index is -0.276. The lowest BCUT2D eigenvalue weighted by molar-refractivity contribution is -0.122. The number of hydrogen-bond acceptors (Lipinski definition) is 5. The summed E-state index contributed by atoms with van der Waals surface area (Å²) < 4.78 is 10.6.